The molecule has 0 amide bonds. The van der Waals surface area contributed by atoms with Crippen molar-refractivity contribution in [3.05, 3.63) is 71.8 Å². The molecule has 94 valence electrons. The zero-order valence-corrected chi connectivity index (χ0v) is 11.3. The van der Waals surface area contributed by atoms with E-state index in [-0.39, 0.29) is 0 Å². The molecule has 1 nitrogen and oxygen atoms in total. The summed E-state index contributed by atoms with van der Waals surface area (Å²) >= 11 is 0. The van der Waals surface area contributed by atoms with Gasteiger partial charge < -0.3 is 5.32 Å². The predicted molar refractivity (Wildman–Crippen MR) is 83.1 cm³/mol. The second-order valence-electron chi connectivity index (χ2n) is 4.97. The second-order valence-corrected chi connectivity index (χ2v) is 4.97. The zero-order chi connectivity index (χ0) is 13.2. The number of hydrogen-bond acceptors (Lipinski definition) is 1. The minimum Gasteiger partial charge on any atom is -0.355 e. The van der Waals surface area contributed by atoms with Gasteiger partial charge in [0.2, 0.25) is 0 Å². The van der Waals surface area contributed by atoms with Gasteiger partial charge in [0.1, 0.15) is 0 Å². The molecule has 19 heavy (non-hydrogen) atoms. The van der Waals surface area contributed by atoms with Gasteiger partial charge in [-0.05, 0) is 36.9 Å². The summed E-state index contributed by atoms with van der Waals surface area (Å²) in [4.78, 5) is 0. The average molecular weight is 247 g/mol. The van der Waals surface area contributed by atoms with Crippen LogP contribution in [0.5, 0.6) is 0 Å². The first-order valence-electron chi connectivity index (χ1n) is 6.56. The van der Waals surface area contributed by atoms with Crippen LogP contribution in [0, 0.1) is 13.8 Å². The molecule has 0 radical (unpaired) electrons. The van der Waals surface area contributed by atoms with E-state index < -0.39 is 0 Å². The molecule has 1 N–H and O–H groups in total. The Morgan fingerprint density at radius 3 is 2.26 bits per heavy atom. The molecule has 0 aliphatic heterocycles. The average Bonchev–Trinajstić information content (AvgIpc) is 2.44. The van der Waals surface area contributed by atoms with Gasteiger partial charge in [-0.3, -0.25) is 0 Å². The molecule has 3 aromatic carbocycles. The van der Waals surface area contributed by atoms with Crippen LogP contribution in [-0.4, -0.2) is 0 Å². The first kappa shape index (κ1) is 11.8. The lowest BCUT2D eigenvalue weighted by Crippen LogP contribution is -1.94. The molecule has 0 saturated carbocycles. The van der Waals surface area contributed by atoms with Gasteiger partial charge in [-0.2, -0.15) is 0 Å². The van der Waals surface area contributed by atoms with E-state index in [0.29, 0.717) is 0 Å². The summed E-state index contributed by atoms with van der Waals surface area (Å²) in [6, 6.07) is 21.3. The summed E-state index contributed by atoms with van der Waals surface area (Å²) in [5.41, 5.74) is 4.87. The monoisotopic (exact) mass is 247 g/mol. The minimum absolute atomic E-state index is 1.13. The number of nitrogens with one attached hydrogen (secondary N) is 1. The maximum absolute atomic E-state index is 3.54. The molecule has 0 atom stereocenters. The van der Waals surface area contributed by atoms with Crippen LogP contribution in [0.2, 0.25) is 0 Å². The molecular weight excluding hydrogens is 230 g/mol. The van der Waals surface area contributed by atoms with Crippen LogP contribution >= 0.6 is 0 Å². The molecular formula is C18H17N. The molecule has 0 aromatic heterocycles. The van der Waals surface area contributed by atoms with Crippen LogP contribution in [0.4, 0.5) is 11.4 Å². The quantitative estimate of drug-likeness (QED) is 0.656. The summed E-state index contributed by atoms with van der Waals surface area (Å²) in [7, 11) is 0. The number of aryl methyl sites for hydroxylation is 2. The lowest BCUT2D eigenvalue weighted by molar-refractivity contribution is 1.43. The lowest BCUT2D eigenvalue weighted by Gasteiger charge is -2.13. The summed E-state index contributed by atoms with van der Waals surface area (Å²) in [6.45, 7) is 4.25. The van der Waals surface area contributed by atoms with Gasteiger partial charge in [0.25, 0.3) is 0 Å². The third-order valence-corrected chi connectivity index (χ3v) is 3.46. The first-order chi connectivity index (χ1) is 9.24. The summed E-state index contributed by atoms with van der Waals surface area (Å²) in [6.07, 6.45) is 0. The van der Waals surface area contributed by atoms with Gasteiger partial charge in [0.15, 0.2) is 0 Å². The van der Waals surface area contributed by atoms with Gasteiger partial charge in [-0.15, -0.1) is 0 Å². The Bertz CT molecular complexity index is 711. The molecule has 0 saturated heterocycles. The molecule has 0 unspecified atom stereocenters. The van der Waals surface area contributed by atoms with E-state index >= 15 is 0 Å². The van der Waals surface area contributed by atoms with E-state index in [1.54, 1.807) is 0 Å². The fourth-order valence-electron chi connectivity index (χ4n) is 2.33. The van der Waals surface area contributed by atoms with Crippen LogP contribution < -0.4 is 5.32 Å². The highest BCUT2D eigenvalue weighted by atomic mass is 14.9. The van der Waals surface area contributed by atoms with Crippen molar-refractivity contribution < 1.29 is 0 Å². The maximum atomic E-state index is 3.54. The van der Waals surface area contributed by atoms with Crippen LogP contribution in [0.3, 0.4) is 0 Å². The summed E-state index contributed by atoms with van der Waals surface area (Å²) in [5, 5.41) is 6.08. The van der Waals surface area contributed by atoms with Crippen molar-refractivity contribution >= 4 is 22.1 Å². The predicted octanol–water partition coefficient (Wildman–Crippen LogP) is 5.20. The van der Waals surface area contributed by atoms with E-state index in [9.17, 15) is 0 Å². The Balaban J connectivity index is 2.09. The fraction of sp³-hybridized carbons (Fsp3) is 0.111. The van der Waals surface area contributed by atoms with E-state index in [2.05, 4.69) is 79.8 Å². The molecule has 0 fully saturated rings. The number of rotatable bonds is 2. The molecule has 0 heterocycles. The SMILES string of the molecule is Cc1ccc(Nc2c(C)ccc3ccccc23)cc1. The Kier molecular flexibility index (Phi) is 2.96. The molecule has 3 aromatic rings. The third kappa shape index (κ3) is 2.32. The van der Waals surface area contributed by atoms with Crippen LogP contribution in [-0.2, 0) is 0 Å². The molecule has 0 spiro atoms. The summed E-state index contributed by atoms with van der Waals surface area (Å²) in [5.74, 6) is 0. The van der Waals surface area contributed by atoms with Crippen molar-refractivity contribution in [1.29, 1.82) is 0 Å². The number of hydrogen-bond donors (Lipinski definition) is 1. The molecule has 0 bridgehead atoms. The van der Waals surface area contributed by atoms with Crippen LogP contribution in [0.15, 0.2) is 60.7 Å². The fourth-order valence-corrected chi connectivity index (χ4v) is 2.33. The highest BCUT2D eigenvalue weighted by molar-refractivity contribution is 5.97. The van der Waals surface area contributed by atoms with Crippen molar-refractivity contribution in [1.82, 2.24) is 0 Å². The Labute approximate surface area is 113 Å². The standard InChI is InChI=1S/C18H17N/c1-13-7-11-16(12-8-13)19-18-14(2)9-10-15-5-3-4-6-17(15)18/h3-12,19H,1-2H3. The molecule has 0 aliphatic carbocycles. The van der Waals surface area contributed by atoms with E-state index in [1.165, 1.54) is 27.6 Å². The normalized spacial score (nSPS) is 10.6. The summed E-state index contributed by atoms with van der Waals surface area (Å²) < 4.78 is 0. The van der Waals surface area contributed by atoms with E-state index in [0.717, 1.165) is 5.69 Å². The lowest BCUT2D eigenvalue weighted by atomic mass is 10.0. The van der Waals surface area contributed by atoms with Crippen molar-refractivity contribution in [2.75, 3.05) is 5.32 Å². The minimum atomic E-state index is 1.13. The molecule has 1 heteroatoms. The molecule has 3 rings (SSSR count). The zero-order valence-electron chi connectivity index (χ0n) is 11.3. The smallest absolute Gasteiger partial charge is 0.0493 e. The Hall–Kier alpha value is -2.28. The van der Waals surface area contributed by atoms with Crippen molar-refractivity contribution in [3.8, 4) is 0 Å². The number of benzene rings is 3. The molecule has 0 aliphatic rings. The Morgan fingerprint density at radius 2 is 1.47 bits per heavy atom. The number of anilines is 2. The van der Waals surface area contributed by atoms with Crippen LogP contribution in [0.1, 0.15) is 11.1 Å². The Morgan fingerprint density at radius 1 is 0.737 bits per heavy atom. The van der Waals surface area contributed by atoms with E-state index in [4.69, 9.17) is 0 Å². The second kappa shape index (κ2) is 4.77. The topological polar surface area (TPSA) is 12.0 Å². The van der Waals surface area contributed by atoms with Gasteiger partial charge >= 0.3 is 0 Å². The van der Waals surface area contributed by atoms with Gasteiger partial charge in [0.05, 0.1) is 0 Å². The highest BCUT2D eigenvalue weighted by Crippen LogP contribution is 2.29. The van der Waals surface area contributed by atoms with Crippen molar-refractivity contribution in [2.45, 2.75) is 13.8 Å². The maximum Gasteiger partial charge on any atom is 0.0493 e. The highest BCUT2D eigenvalue weighted by Gasteiger charge is 2.04. The van der Waals surface area contributed by atoms with Gasteiger partial charge in [0, 0.05) is 16.8 Å². The van der Waals surface area contributed by atoms with Gasteiger partial charge in [-0.1, -0.05) is 54.1 Å². The van der Waals surface area contributed by atoms with E-state index in [1.807, 2.05) is 0 Å². The van der Waals surface area contributed by atoms with Crippen molar-refractivity contribution in [3.63, 3.8) is 0 Å². The number of fused-ring (bicyclic) bond motifs is 1. The van der Waals surface area contributed by atoms with Crippen LogP contribution in [0.25, 0.3) is 10.8 Å². The van der Waals surface area contributed by atoms with Crippen molar-refractivity contribution in [2.24, 2.45) is 0 Å². The van der Waals surface area contributed by atoms with Gasteiger partial charge in [-0.25, -0.2) is 0 Å². The first-order valence-corrected chi connectivity index (χ1v) is 6.56. The largest absolute Gasteiger partial charge is 0.355 e. The third-order valence-electron chi connectivity index (χ3n) is 3.46.